The van der Waals surface area contributed by atoms with Crippen molar-refractivity contribution in [3.05, 3.63) is 77.2 Å². The highest BCUT2D eigenvalue weighted by molar-refractivity contribution is 7.15. The number of Topliss-reactive ketones (excluding diaryl/α,β-unsaturated/α-hetero) is 1. The van der Waals surface area contributed by atoms with Gasteiger partial charge in [-0.05, 0) is 18.4 Å². The summed E-state index contributed by atoms with van der Waals surface area (Å²) in [6, 6.07) is 18.1. The van der Waals surface area contributed by atoms with Crippen molar-refractivity contribution in [3.8, 4) is 11.1 Å². The minimum Gasteiger partial charge on any atom is -0.454 e. The smallest absolute Gasteiger partial charge is 0.342 e. The Morgan fingerprint density at radius 3 is 2.28 bits per heavy atom. The fourth-order valence-electron chi connectivity index (χ4n) is 2.95. The Kier molecular flexibility index (Phi) is 5.53. The summed E-state index contributed by atoms with van der Waals surface area (Å²) in [5, 5.41) is 5.14. The quantitative estimate of drug-likeness (QED) is 0.453. The van der Waals surface area contributed by atoms with Gasteiger partial charge in [-0.3, -0.25) is 9.59 Å². The molecule has 2 aromatic carbocycles. The summed E-state index contributed by atoms with van der Waals surface area (Å²) < 4.78 is 5.33. The Labute approximate surface area is 172 Å². The molecule has 1 aromatic heterocycles. The van der Waals surface area contributed by atoms with E-state index >= 15 is 0 Å². The van der Waals surface area contributed by atoms with Gasteiger partial charge in [0.05, 0.1) is 0 Å². The number of rotatable bonds is 7. The van der Waals surface area contributed by atoms with Crippen molar-refractivity contribution in [1.82, 2.24) is 0 Å². The van der Waals surface area contributed by atoms with Crippen LogP contribution in [0.5, 0.6) is 0 Å². The predicted molar refractivity (Wildman–Crippen MR) is 112 cm³/mol. The van der Waals surface area contributed by atoms with Gasteiger partial charge in [0.2, 0.25) is 5.91 Å². The van der Waals surface area contributed by atoms with Crippen LogP contribution < -0.4 is 5.32 Å². The lowest BCUT2D eigenvalue weighted by atomic mass is 10.0. The van der Waals surface area contributed by atoms with Crippen LogP contribution in [-0.4, -0.2) is 24.3 Å². The van der Waals surface area contributed by atoms with E-state index in [1.807, 2.05) is 41.8 Å². The fourth-order valence-corrected chi connectivity index (χ4v) is 3.91. The Morgan fingerprint density at radius 2 is 1.62 bits per heavy atom. The van der Waals surface area contributed by atoms with Gasteiger partial charge in [-0.1, -0.05) is 60.7 Å². The van der Waals surface area contributed by atoms with Gasteiger partial charge in [0.25, 0.3) is 0 Å². The van der Waals surface area contributed by atoms with Crippen LogP contribution >= 0.6 is 11.3 Å². The molecular weight excluding hydrogens is 386 g/mol. The van der Waals surface area contributed by atoms with Crippen molar-refractivity contribution in [2.75, 3.05) is 11.9 Å². The topological polar surface area (TPSA) is 72.5 Å². The van der Waals surface area contributed by atoms with Crippen LogP contribution in [0, 0.1) is 5.92 Å². The normalized spacial score (nSPS) is 13.0. The molecule has 1 saturated carbocycles. The van der Waals surface area contributed by atoms with Crippen molar-refractivity contribution in [2.45, 2.75) is 12.8 Å². The van der Waals surface area contributed by atoms with Gasteiger partial charge in [0.1, 0.15) is 10.6 Å². The van der Waals surface area contributed by atoms with Crippen molar-refractivity contribution in [1.29, 1.82) is 0 Å². The molecule has 1 aliphatic rings. The number of amides is 1. The summed E-state index contributed by atoms with van der Waals surface area (Å²) >= 11 is 1.29. The minimum absolute atomic E-state index is 0.0146. The van der Waals surface area contributed by atoms with E-state index in [9.17, 15) is 14.4 Å². The monoisotopic (exact) mass is 405 g/mol. The second-order valence-corrected chi connectivity index (χ2v) is 7.73. The molecule has 146 valence electrons. The highest BCUT2D eigenvalue weighted by atomic mass is 32.1. The molecule has 4 rings (SSSR count). The zero-order valence-corrected chi connectivity index (χ0v) is 16.4. The van der Waals surface area contributed by atoms with Gasteiger partial charge in [-0.25, -0.2) is 4.79 Å². The van der Waals surface area contributed by atoms with Gasteiger partial charge in [0, 0.05) is 22.4 Å². The van der Waals surface area contributed by atoms with Crippen LogP contribution in [0.1, 0.15) is 33.6 Å². The molecule has 1 aliphatic carbocycles. The molecule has 1 heterocycles. The van der Waals surface area contributed by atoms with Crippen LogP contribution in [0.25, 0.3) is 11.1 Å². The summed E-state index contributed by atoms with van der Waals surface area (Å²) in [7, 11) is 0. The number of benzene rings is 2. The molecule has 5 nitrogen and oxygen atoms in total. The molecule has 1 N–H and O–H groups in total. The number of carbonyl (C=O) groups is 3. The number of esters is 1. The highest BCUT2D eigenvalue weighted by Gasteiger charge is 2.32. The first kappa shape index (κ1) is 19.1. The molecule has 0 unspecified atom stereocenters. The number of thiophene rings is 1. The Morgan fingerprint density at radius 1 is 0.966 bits per heavy atom. The molecule has 0 radical (unpaired) electrons. The Hall–Kier alpha value is -3.25. The van der Waals surface area contributed by atoms with E-state index in [4.69, 9.17) is 4.74 Å². The summed E-state index contributed by atoms with van der Waals surface area (Å²) in [4.78, 5) is 37.4. The third-order valence-corrected chi connectivity index (χ3v) is 5.59. The average Bonchev–Trinajstić information content (AvgIpc) is 3.54. The van der Waals surface area contributed by atoms with Gasteiger partial charge < -0.3 is 10.1 Å². The lowest BCUT2D eigenvalue weighted by Crippen LogP contribution is -2.18. The van der Waals surface area contributed by atoms with E-state index in [2.05, 4.69) is 5.32 Å². The number of hydrogen-bond acceptors (Lipinski definition) is 5. The summed E-state index contributed by atoms with van der Waals surface area (Å²) in [6.07, 6.45) is 1.74. The molecule has 0 saturated heterocycles. The molecule has 0 spiro atoms. The zero-order valence-electron chi connectivity index (χ0n) is 15.6. The zero-order chi connectivity index (χ0) is 20.2. The van der Waals surface area contributed by atoms with Gasteiger partial charge in [-0.15, -0.1) is 11.3 Å². The summed E-state index contributed by atoms with van der Waals surface area (Å²) in [6.45, 7) is -0.358. The first-order valence-electron chi connectivity index (χ1n) is 9.36. The standard InChI is InChI=1S/C23H19NO4S/c25-19(16-9-5-2-6-10-16)13-28-23(27)20-18(15-7-3-1-4-8-15)14-29-22(20)24-21(26)17-11-12-17/h1-10,14,17H,11-13H2,(H,24,26). The molecule has 1 fully saturated rings. The SMILES string of the molecule is O=C(COC(=O)c1c(-c2ccccc2)csc1NC(=O)C1CC1)c1ccccc1. The van der Waals surface area contributed by atoms with E-state index in [0.717, 1.165) is 18.4 Å². The van der Waals surface area contributed by atoms with Crippen LogP contribution in [0.15, 0.2) is 66.0 Å². The number of nitrogens with one attached hydrogen (secondary N) is 1. The van der Waals surface area contributed by atoms with E-state index < -0.39 is 5.97 Å². The summed E-state index contributed by atoms with van der Waals surface area (Å²) in [5.41, 5.74) is 2.29. The maximum absolute atomic E-state index is 12.9. The Balaban J connectivity index is 1.57. The maximum atomic E-state index is 12.9. The van der Waals surface area contributed by atoms with Crippen LogP contribution in [0.2, 0.25) is 0 Å². The van der Waals surface area contributed by atoms with E-state index in [1.165, 1.54) is 11.3 Å². The number of hydrogen-bond donors (Lipinski definition) is 1. The molecular formula is C23H19NO4S. The summed E-state index contributed by atoms with van der Waals surface area (Å²) in [5.74, 6) is -0.971. The maximum Gasteiger partial charge on any atom is 0.342 e. The number of anilines is 1. The second-order valence-electron chi connectivity index (χ2n) is 6.85. The molecule has 1 amide bonds. The van der Waals surface area contributed by atoms with E-state index in [0.29, 0.717) is 16.1 Å². The fraction of sp³-hybridized carbons (Fsp3) is 0.174. The van der Waals surface area contributed by atoms with Crippen LogP contribution in [0.4, 0.5) is 5.00 Å². The van der Waals surface area contributed by atoms with E-state index in [-0.39, 0.29) is 29.8 Å². The van der Waals surface area contributed by atoms with Crippen molar-refractivity contribution in [3.63, 3.8) is 0 Å². The Bertz CT molecular complexity index is 1040. The van der Waals surface area contributed by atoms with Gasteiger partial charge in [0.15, 0.2) is 12.4 Å². The van der Waals surface area contributed by atoms with Crippen LogP contribution in [-0.2, 0) is 9.53 Å². The lowest BCUT2D eigenvalue weighted by Gasteiger charge is -2.09. The van der Waals surface area contributed by atoms with Crippen molar-refractivity contribution in [2.24, 2.45) is 5.92 Å². The van der Waals surface area contributed by atoms with Crippen LogP contribution in [0.3, 0.4) is 0 Å². The third kappa shape index (κ3) is 4.43. The number of ether oxygens (including phenoxy) is 1. The molecule has 3 aromatic rings. The molecule has 6 heteroatoms. The predicted octanol–water partition coefficient (Wildman–Crippen LogP) is 4.80. The second kappa shape index (κ2) is 8.41. The first-order valence-corrected chi connectivity index (χ1v) is 10.2. The lowest BCUT2D eigenvalue weighted by molar-refractivity contribution is -0.117. The van der Waals surface area contributed by atoms with Gasteiger partial charge in [-0.2, -0.15) is 0 Å². The molecule has 0 atom stereocenters. The minimum atomic E-state index is -0.625. The highest BCUT2D eigenvalue weighted by Crippen LogP contribution is 2.38. The van der Waals surface area contributed by atoms with Crippen molar-refractivity contribution < 1.29 is 19.1 Å². The first-order chi connectivity index (χ1) is 14.1. The van der Waals surface area contributed by atoms with Gasteiger partial charge >= 0.3 is 5.97 Å². The number of carbonyl (C=O) groups excluding carboxylic acids is 3. The molecule has 29 heavy (non-hydrogen) atoms. The largest absolute Gasteiger partial charge is 0.454 e. The molecule has 0 aliphatic heterocycles. The van der Waals surface area contributed by atoms with Crippen molar-refractivity contribution >= 4 is 34.0 Å². The van der Waals surface area contributed by atoms with E-state index in [1.54, 1.807) is 24.3 Å². The number of ketones is 1. The molecule has 0 bridgehead atoms. The third-order valence-electron chi connectivity index (χ3n) is 4.69. The average molecular weight is 405 g/mol.